The molecule has 1 heterocycles. The molecule has 0 atom stereocenters. The van der Waals surface area contributed by atoms with E-state index in [1.807, 2.05) is 6.92 Å². The summed E-state index contributed by atoms with van der Waals surface area (Å²) in [4.78, 5) is 0.186. The lowest BCUT2D eigenvalue weighted by Gasteiger charge is -2.12. The van der Waals surface area contributed by atoms with Crippen molar-refractivity contribution in [1.29, 1.82) is 0 Å². The van der Waals surface area contributed by atoms with E-state index in [1.165, 1.54) is 16.9 Å². The van der Waals surface area contributed by atoms with Crippen LogP contribution in [0.1, 0.15) is 11.1 Å². The van der Waals surface area contributed by atoms with Gasteiger partial charge in [-0.1, -0.05) is 0 Å². The zero-order chi connectivity index (χ0) is 14.2. The molecule has 6 nitrogen and oxygen atoms in total. The van der Waals surface area contributed by atoms with Gasteiger partial charge < -0.3 is 5.73 Å². The Labute approximate surface area is 112 Å². The van der Waals surface area contributed by atoms with E-state index in [0.29, 0.717) is 17.1 Å². The molecule has 0 aliphatic heterocycles. The van der Waals surface area contributed by atoms with Gasteiger partial charge in [-0.25, -0.2) is 8.42 Å². The molecule has 19 heavy (non-hydrogen) atoms. The van der Waals surface area contributed by atoms with Crippen molar-refractivity contribution in [2.45, 2.75) is 18.7 Å². The van der Waals surface area contributed by atoms with Gasteiger partial charge in [0.1, 0.15) is 5.82 Å². The molecule has 102 valence electrons. The summed E-state index contributed by atoms with van der Waals surface area (Å²) in [5, 5.41) is 3.92. The zero-order valence-corrected chi connectivity index (χ0v) is 11.8. The second kappa shape index (κ2) is 4.58. The van der Waals surface area contributed by atoms with Crippen molar-refractivity contribution in [2.24, 2.45) is 7.05 Å². The maximum Gasteiger partial charge on any atom is 0.263 e. The van der Waals surface area contributed by atoms with Gasteiger partial charge in [-0.2, -0.15) is 5.10 Å². The third-order valence-corrected chi connectivity index (χ3v) is 4.47. The van der Waals surface area contributed by atoms with Gasteiger partial charge in [-0.05, 0) is 37.1 Å². The van der Waals surface area contributed by atoms with Gasteiger partial charge in [0.25, 0.3) is 10.0 Å². The number of aromatic nitrogens is 2. The highest BCUT2D eigenvalue weighted by molar-refractivity contribution is 7.92. The van der Waals surface area contributed by atoms with E-state index in [2.05, 4.69) is 9.82 Å². The van der Waals surface area contributed by atoms with Crippen LogP contribution < -0.4 is 10.5 Å². The number of nitrogens with zero attached hydrogens (tertiary/aromatic N) is 2. The van der Waals surface area contributed by atoms with Crippen molar-refractivity contribution in [3.63, 3.8) is 0 Å². The number of sulfonamides is 1. The molecule has 0 amide bonds. The van der Waals surface area contributed by atoms with Crippen LogP contribution in [0.5, 0.6) is 0 Å². The Bertz CT molecular complexity index is 719. The largest absolute Gasteiger partial charge is 0.399 e. The van der Waals surface area contributed by atoms with Gasteiger partial charge in [-0.3, -0.25) is 9.40 Å². The smallest absolute Gasteiger partial charge is 0.263 e. The van der Waals surface area contributed by atoms with E-state index < -0.39 is 10.0 Å². The molecule has 0 spiro atoms. The quantitative estimate of drug-likeness (QED) is 0.832. The second-order valence-corrected chi connectivity index (χ2v) is 6.06. The molecule has 0 bridgehead atoms. The van der Waals surface area contributed by atoms with Crippen molar-refractivity contribution in [3.05, 3.63) is 35.5 Å². The average molecular weight is 280 g/mol. The van der Waals surface area contributed by atoms with Gasteiger partial charge in [-0.15, -0.1) is 0 Å². The molecule has 7 heteroatoms. The van der Waals surface area contributed by atoms with Crippen LogP contribution in [0.15, 0.2) is 29.3 Å². The number of nitrogens with one attached hydrogen (secondary N) is 1. The molecule has 3 N–H and O–H groups in total. The highest BCUT2D eigenvalue weighted by Crippen LogP contribution is 2.24. The molecular formula is C12H16N4O2S. The number of nitrogen functional groups attached to an aromatic ring is 1. The highest BCUT2D eigenvalue weighted by Gasteiger charge is 2.19. The van der Waals surface area contributed by atoms with Gasteiger partial charge in [0.05, 0.1) is 11.1 Å². The van der Waals surface area contributed by atoms with E-state index in [0.717, 1.165) is 5.56 Å². The summed E-state index contributed by atoms with van der Waals surface area (Å²) in [6.07, 6.45) is 1.52. The van der Waals surface area contributed by atoms with E-state index in [-0.39, 0.29) is 4.90 Å². The molecule has 0 unspecified atom stereocenters. The first kappa shape index (κ1) is 13.4. The first-order valence-electron chi connectivity index (χ1n) is 5.69. The second-order valence-electron chi connectivity index (χ2n) is 4.41. The fraction of sp³-hybridized carbons (Fsp3) is 0.250. The summed E-state index contributed by atoms with van der Waals surface area (Å²) < 4.78 is 28.7. The number of hydrogen-bond acceptors (Lipinski definition) is 4. The van der Waals surface area contributed by atoms with Crippen LogP contribution in [0.25, 0.3) is 0 Å². The van der Waals surface area contributed by atoms with Crippen molar-refractivity contribution >= 4 is 21.5 Å². The minimum Gasteiger partial charge on any atom is -0.399 e. The predicted octanol–water partition coefficient (Wildman–Crippen LogP) is 1.42. The molecule has 1 aromatic carbocycles. The molecule has 1 aromatic heterocycles. The molecule has 0 radical (unpaired) electrons. The van der Waals surface area contributed by atoms with Gasteiger partial charge >= 0.3 is 0 Å². The van der Waals surface area contributed by atoms with Crippen LogP contribution in [-0.4, -0.2) is 18.2 Å². The third-order valence-electron chi connectivity index (χ3n) is 2.99. The number of aryl methyl sites for hydroxylation is 2. The van der Waals surface area contributed by atoms with Crippen molar-refractivity contribution in [3.8, 4) is 0 Å². The normalized spacial score (nSPS) is 11.5. The summed E-state index contributed by atoms with van der Waals surface area (Å²) in [6.45, 7) is 3.58. The first-order chi connectivity index (χ1) is 8.81. The Morgan fingerprint density at radius 2 is 2.00 bits per heavy atom. The fourth-order valence-corrected chi connectivity index (χ4v) is 3.24. The standard InChI is InChI=1S/C12H16N4O2S/c1-8-6-10(13)7-11(9(8)2)19(17,18)15-12-4-5-14-16(12)3/h4-7,15H,13H2,1-3H3. The van der Waals surface area contributed by atoms with Gasteiger partial charge in [0, 0.05) is 18.8 Å². The van der Waals surface area contributed by atoms with E-state index in [1.54, 1.807) is 26.1 Å². The lowest BCUT2D eigenvalue weighted by molar-refractivity contribution is 0.599. The van der Waals surface area contributed by atoms with E-state index in [9.17, 15) is 8.42 Å². The maximum atomic E-state index is 12.4. The molecule has 2 rings (SSSR count). The Morgan fingerprint density at radius 3 is 2.58 bits per heavy atom. The summed E-state index contributed by atoms with van der Waals surface area (Å²) in [5.74, 6) is 0.402. The van der Waals surface area contributed by atoms with E-state index in [4.69, 9.17) is 5.73 Å². The van der Waals surface area contributed by atoms with Gasteiger partial charge in [0.15, 0.2) is 0 Å². The minimum absolute atomic E-state index is 0.186. The van der Waals surface area contributed by atoms with Crippen LogP contribution >= 0.6 is 0 Å². The molecule has 0 saturated carbocycles. The molecule has 0 aliphatic carbocycles. The average Bonchev–Trinajstić information content (AvgIpc) is 2.69. The monoisotopic (exact) mass is 280 g/mol. The van der Waals surface area contributed by atoms with Crippen LogP contribution in [0.2, 0.25) is 0 Å². The maximum absolute atomic E-state index is 12.4. The van der Waals surface area contributed by atoms with Crippen LogP contribution in [-0.2, 0) is 17.1 Å². The summed E-state index contributed by atoms with van der Waals surface area (Å²) in [5.41, 5.74) is 7.67. The molecular weight excluding hydrogens is 264 g/mol. The Morgan fingerprint density at radius 1 is 1.32 bits per heavy atom. The zero-order valence-electron chi connectivity index (χ0n) is 11.0. The Kier molecular flexibility index (Phi) is 3.23. The van der Waals surface area contributed by atoms with Gasteiger partial charge in [0.2, 0.25) is 0 Å². The predicted molar refractivity (Wildman–Crippen MR) is 74.3 cm³/mol. The Balaban J connectivity index is 2.49. The number of benzene rings is 1. The number of rotatable bonds is 3. The molecule has 2 aromatic rings. The van der Waals surface area contributed by atoms with Crippen LogP contribution in [0.4, 0.5) is 11.5 Å². The number of nitrogens with two attached hydrogens (primary N) is 1. The first-order valence-corrected chi connectivity index (χ1v) is 7.17. The number of anilines is 2. The fourth-order valence-electron chi connectivity index (χ4n) is 1.80. The highest BCUT2D eigenvalue weighted by atomic mass is 32.2. The van der Waals surface area contributed by atoms with Crippen molar-refractivity contribution in [1.82, 2.24) is 9.78 Å². The van der Waals surface area contributed by atoms with Crippen molar-refractivity contribution < 1.29 is 8.42 Å². The molecule has 0 saturated heterocycles. The lowest BCUT2D eigenvalue weighted by Crippen LogP contribution is -2.17. The summed E-state index contributed by atoms with van der Waals surface area (Å²) >= 11 is 0. The summed E-state index contributed by atoms with van der Waals surface area (Å²) in [7, 11) is -2.01. The molecule has 0 aliphatic rings. The van der Waals surface area contributed by atoms with Crippen molar-refractivity contribution in [2.75, 3.05) is 10.5 Å². The minimum atomic E-state index is -3.67. The van der Waals surface area contributed by atoms with E-state index >= 15 is 0 Å². The number of hydrogen-bond donors (Lipinski definition) is 2. The van der Waals surface area contributed by atoms with Crippen LogP contribution in [0, 0.1) is 13.8 Å². The van der Waals surface area contributed by atoms with Crippen LogP contribution in [0.3, 0.4) is 0 Å². The Hall–Kier alpha value is -2.02. The summed E-state index contributed by atoms with van der Waals surface area (Å²) in [6, 6.07) is 4.80. The lowest BCUT2D eigenvalue weighted by atomic mass is 10.1. The topological polar surface area (TPSA) is 90.0 Å². The molecule has 0 fully saturated rings. The SMILES string of the molecule is Cc1cc(N)cc(S(=O)(=O)Nc2ccnn2C)c1C. The third kappa shape index (κ3) is 2.55.